The first-order chi connectivity index (χ1) is 10.5. The molecule has 5 heteroatoms. The van der Waals surface area contributed by atoms with E-state index in [-0.39, 0.29) is 18.1 Å². The summed E-state index contributed by atoms with van der Waals surface area (Å²) in [5.74, 6) is 1.62. The molecular formula is C17H33N3O2. The molecule has 22 heavy (non-hydrogen) atoms. The molecule has 0 bridgehead atoms. The number of piperidine rings is 1. The van der Waals surface area contributed by atoms with Gasteiger partial charge in [0.05, 0.1) is 18.8 Å². The van der Waals surface area contributed by atoms with Crippen LogP contribution < -0.4 is 11.1 Å². The summed E-state index contributed by atoms with van der Waals surface area (Å²) in [4.78, 5) is 13.9. The molecule has 0 radical (unpaired) electrons. The first-order valence-corrected chi connectivity index (χ1v) is 8.88. The number of ether oxygens (including phenoxy) is 1. The monoisotopic (exact) mass is 311 g/mol. The first-order valence-electron chi connectivity index (χ1n) is 8.88. The van der Waals surface area contributed by atoms with Crippen LogP contribution in [-0.4, -0.2) is 49.3 Å². The van der Waals surface area contributed by atoms with E-state index in [0.717, 1.165) is 44.1 Å². The summed E-state index contributed by atoms with van der Waals surface area (Å²) in [5, 5.41) is 2.72. The van der Waals surface area contributed by atoms with Crippen molar-refractivity contribution in [3.05, 3.63) is 0 Å². The molecule has 3 N–H and O–H groups in total. The molecule has 1 heterocycles. The van der Waals surface area contributed by atoms with Crippen LogP contribution in [0.15, 0.2) is 0 Å². The molecule has 0 aromatic carbocycles. The zero-order valence-electron chi connectivity index (χ0n) is 14.4. The molecule has 2 amide bonds. The number of urea groups is 1. The van der Waals surface area contributed by atoms with E-state index in [9.17, 15) is 4.79 Å². The van der Waals surface area contributed by atoms with Crippen molar-refractivity contribution in [1.29, 1.82) is 0 Å². The van der Waals surface area contributed by atoms with Crippen molar-refractivity contribution in [2.24, 2.45) is 17.6 Å². The average molecular weight is 311 g/mol. The van der Waals surface area contributed by atoms with E-state index < -0.39 is 0 Å². The molecule has 128 valence electrons. The molecule has 1 saturated heterocycles. The number of nitrogens with zero attached hydrogens (tertiary/aromatic N) is 1. The molecule has 0 aromatic heterocycles. The molecule has 2 aliphatic rings. The number of hydrogen-bond donors (Lipinski definition) is 2. The quantitative estimate of drug-likeness (QED) is 0.837. The molecule has 1 aliphatic carbocycles. The molecule has 1 aliphatic heterocycles. The van der Waals surface area contributed by atoms with Crippen molar-refractivity contribution < 1.29 is 9.53 Å². The van der Waals surface area contributed by atoms with Gasteiger partial charge in [-0.2, -0.15) is 0 Å². The highest BCUT2D eigenvalue weighted by Crippen LogP contribution is 2.31. The number of nitrogens with one attached hydrogen (secondary N) is 1. The summed E-state index contributed by atoms with van der Waals surface area (Å²) in [5.41, 5.74) is 6.24. The predicted octanol–water partition coefficient (Wildman–Crippen LogP) is 2.35. The van der Waals surface area contributed by atoms with Crippen molar-refractivity contribution in [2.75, 3.05) is 20.2 Å². The molecule has 2 rings (SSSR count). The molecule has 2 atom stereocenters. The topological polar surface area (TPSA) is 67.6 Å². The Hall–Kier alpha value is -0.810. The first kappa shape index (κ1) is 17.5. The van der Waals surface area contributed by atoms with Gasteiger partial charge in [-0.15, -0.1) is 0 Å². The smallest absolute Gasteiger partial charge is 0.317 e. The number of carbonyl (C=O) groups excluding carboxylic acids is 1. The van der Waals surface area contributed by atoms with Crippen molar-refractivity contribution in [3.63, 3.8) is 0 Å². The van der Waals surface area contributed by atoms with Crippen LogP contribution in [0.4, 0.5) is 4.79 Å². The summed E-state index contributed by atoms with van der Waals surface area (Å²) in [6.07, 6.45) is 7.11. The molecule has 1 saturated carbocycles. The zero-order valence-corrected chi connectivity index (χ0v) is 14.4. The third-order valence-electron chi connectivity index (χ3n) is 5.47. The number of nitrogens with two attached hydrogens (primary N) is 1. The van der Waals surface area contributed by atoms with Crippen LogP contribution in [0.2, 0.25) is 0 Å². The highest BCUT2D eigenvalue weighted by atomic mass is 16.5. The van der Waals surface area contributed by atoms with Gasteiger partial charge in [-0.3, -0.25) is 0 Å². The van der Waals surface area contributed by atoms with Crippen molar-refractivity contribution in [2.45, 2.75) is 70.6 Å². The van der Waals surface area contributed by atoms with Gasteiger partial charge in [0.25, 0.3) is 0 Å². The Balaban J connectivity index is 1.82. The van der Waals surface area contributed by atoms with Crippen LogP contribution in [0, 0.1) is 11.8 Å². The summed E-state index contributed by atoms with van der Waals surface area (Å²) in [7, 11) is 1.67. The standard InChI is InChI=1S/C17H33N3O2/c1-12(2)13-6-8-14(9-7-13)22-11-16-15(18)5-4-10-20(16)17(21)19-3/h12-16H,4-11,18H2,1-3H3,(H,19,21)/t13?,14?,15-,16-/m0/s1. The van der Waals surface area contributed by atoms with Gasteiger partial charge in [-0.1, -0.05) is 13.8 Å². The third-order valence-corrected chi connectivity index (χ3v) is 5.47. The second kappa shape index (κ2) is 8.16. The molecule has 0 aromatic rings. The van der Waals surface area contributed by atoms with Gasteiger partial charge in [0.15, 0.2) is 0 Å². The van der Waals surface area contributed by atoms with Crippen LogP contribution in [0.25, 0.3) is 0 Å². The number of rotatable bonds is 4. The largest absolute Gasteiger partial charge is 0.376 e. The minimum absolute atomic E-state index is 0.0107. The predicted molar refractivity (Wildman–Crippen MR) is 88.7 cm³/mol. The van der Waals surface area contributed by atoms with Gasteiger partial charge in [-0.25, -0.2) is 4.79 Å². The maximum Gasteiger partial charge on any atom is 0.317 e. The molecule has 0 spiro atoms. The summed E-state index contributed by atoms with van der Waals surface area (Å²) < 4.78 is 6.14. The fourth-order valence-corrected chi connectivity index (χ4v) is 3.85. The number of amides is 2. The number of carbonyl (C=O) groups is 1. The van der Waals surface area contributed by atoms with Crippen LogP contribution >= 0.6 is 0 Å². The highest BCUT2D eigenvalue weighted by Gasteiger charge is 2.33. The molecule has 2 fully saturated rings. The van der Waals surface area contributed by atoms with Crippen LogP contribution in [0.5, 0.6) is 0 Å². The highest BCUT2D eigenvalue weighted by molar-refractivity contribution is 5.74. The third kappa shape index (κ3) is 4.35. The normalized spacial score (nSPS) is 33.0. The van der Waals surface area contributed by atoms with Gasteiger partial charge >= 0.3 is 6.03 Å². The lowest BCUT2D eigenvalue weighted by Crippen LogP contribution is -2.58. The SMILES string of the molecule is CNC(=O)N1CCC[C@H](N)[C@@H]1COC1CCC(C(C)C)CC1. The minimum Gasteiger partial charge on any atom is -0.376 e. The lowest BCUT2D eigenvalue weighted by Gasteiger charge is -2.40. The summed E-state index contributed by atoms with van der Waals surface area (Å²) in [6, 6.07) is 0.00170. The molecule has 5 nitrogen and oxygen atoms in total. The van der Waals surface area contributed by atoms with E-state index >= 15 is 0 Å². The Bertz CT molecular complexity index is 354. The van der Waals surface area contributed by atoms with Gasteiger partial charge in [0.1, 0.15) is 0 Å². The lowest BCUT2D eigenvalue weighted by atomic mass is 9.80. The fraction of sp³-hybridized carbons (Fsp3) is 0.941. The van der Waals surface area contributed by atoms with Crippen molar-refractivity contribution >= 4 is 6.03 Å². The van der Waals surface area contributed by atoms with E-state index in [4.69, 9.17) is 10.5 Å². The number of hydrogen-bond acceptors (Lipinski definition) is 3. The second-order valence-corrected chi connectivity index (χ2v) is 7.24. The van der Waals surface area contributed by atoms with Crippen LogP contribution in [0.3, 0.4) is 0 Å². The van der Waals surface area contributed by atoms with E-state index in [0.29, 0.717) is 12.7 Å². The Morgan fingerprint density at radius 1 is 1.27 bits per heavy atom. The van der Waals surface area contributed by atoms with E-state index in [2.05, 4.69) is 19.2 Å². The van der Waals surface area contributed by atoms with Crippen molar-refractivity contribution in [1.82, 2.24) is 10.2 Å². The van der Waals surface area contributed by atoms with Crippen LogP contribution in [0.1, 0.15) is 52.4 Å². The van der Waals surface area contributed by atoms with Gasteiger partial charge in [0.2, 0.25) is 0 Å². The maximum absolute atomic E-state index is 12.0. The summed E-state index contributed by atoms with van der Waals surface area (Å²) >= 11 is 0. The zero-order chi connectivity index (χ0) is 16.1. The number of likely N-dealkylation sites (tertiary alicyclic amines) is 1. The average Bonchev–Trinajstić information content (AvgIpc) is 2.53. The minimum atomic E-state index is -0.0349. The Morgan fingerprint density at radius 2 is 1.95 bits per heavy atom. The van der Waals surface area contributed by atoms with Gasteiger partial charge < -0.3 is 20.7 Å². The molecule has 0 unspecified atom stereocenters. The fourth-order valence-electron chi connectivity index (χ4n) is 3.85. The van der Waals surface area contributed by atoms with Gasteiger partial charge in [0, 0.05) is 19.6 Å². The summed E-state index contributed by atoms with van der Waals surface area (Å²) in [6.45, 7) is 5.98. The maximum atomic E-state index is 12.0. The lowest BCUT2D eigenvalue weighted by molar-refractivity contribution is -0.0226. The van der Waals surface area contributed by atoms with E-state index in [1.54, 1.807) is 7.05 Å². The Kier molecular flexibility index (Phi) is 6.50. The van der Waals surface area contributed by atoms with E-state index in [1.165, 1.54) is 12.8 Å². The van der Waals surface area contributed by atoms with Crippen molar-refractivity contribution in [3.8, 4) is 0 Å². The second-order valence-electron chi connectivity index (χ2n) is 7.24. The van der Waals surface area contributed by atoms with Crippen LogP contribution in [-0.2, 0) is 4.74 Å². The molecular weight excluding hydrogens is 278 g/mol. The van der Waals surface area contributed by atoms with Gasteiger partial charge in [-0.05, 0) is 50.4 Å². The van der Waals surface area contributed by atoms with E-state index in [1.807, 2.05) is 4.90 Å². The Morgan fingerprint density at radius 3 is 2.55 bits per heavy atom. The Labute approximate surface area is 134 Å².